The Labute approximate surface area is 220 Å². The molecule has 37 heavy (non-hydrogen) atoms. The molecule has 3 N–H and O–H groups in total. The number of amides is 2. The van der Waals surface area contributed by atoms with Crippen LogP contribution in [0.4, 0.5) is 5.69 Å². The molecule has 1 aliphatic rings. The molecule has 2 atom stereocenters. The van der Waals surface area contributed by atoms with E-state index in [-0.39, 0.29) is 17.9 Å². The molecule has 2 aromatic carbocycles. The summed E-state index contributed by atoms with van der Waals surface area (Å²) in [5, 5.41) is 4.07. The van der Waals surface area contributed by atoms with Gasteiger partial charge in [-0.15, -0.1) is 0 Å². The van der Waals surface area contributed by atoms with Gasteiger partial charge in [-0.05, 0) is 61.9 Å². The number of aryl methyl sites for hydroxylation is 2. The van der Waals surface area contributed by atoms with Crippen molar-refractivity contribution in [3.8, 4) is 0 Å². The van der Waals surface area contributed by atoms with Crippen LogP contribution in [0.1, 0.15) is 55.3 Å². The number of hydrogen-bond donors (Lipinski definition) is 2. The lowest BCUT2D eigenvalue weighted by Crippen LogP contribution is -2.42. The SMILES string of the molecule is COCCCn1c(C2CCCN(C(=O)CC(N)Cc3ccc(NC(C)=O)cc3)C2)c(C)c2ccccc21. The lowest BCUT2D eigenvalue weighted by Gasteiger charge is -2.34. The summed E-state index contributed by atoms with van der Waals surface area (Å²) in [7, 11) is 1.75. The Morgan fingerprint density at radius 2 is 1.92 bits per heavy atom. The Morgan fingerprint density at radius 3 is 2.65 bits per heavy atom. The van der Waals surface area contributed by atoms with Crippen molar-refractivity contribution in [3.63, 3.8) is 0 Å². The third-order valence-electron chi connectivity index (χ3n) is 7.37. The fourth-order valence-electron chi connectivity index (χ4n) is 5.71. The van der Waals surface area contributed by atoms with Gasteiger partial charge in [0.05, 0.1) is 0 Å². The van der Waals surface area contributed by atoms with Crippen LogP contribution in [0.5, 0.6) is 0 Å². The number of carbonyl (C=O) groups excluding carboxylic acids is 2. The first-order valence-electron chi connectivity index (χ1n) is 13.3. The zero-order chi connectivity index (χ0) is 26.4. The van der Waals surface area contributed by atoms with Crippen LogP contribution in [0.2, 0.25) is 0 Å². The van der Waals surface area contributed by atoms with E-state index in [4.69, 9.17) is 10.5 Å². The first-order chi connectivity index (χ1) is 17.9. The Morgan fingerprint density at radius 1 is 1.16 bits per heavy atom. The zero-order valence-electron chi connectivity index (χ0n) is 22.3. The van der Waals surface area contributed by atoms with Gasteiger partial charge in [-0.1, -0.05) is 30.3 Å². The number of aromatic nitrogens is 1. The average Bonchev–Trinajstić information content (AvgIpc) is 3.16. The average molecular weight is 505 g/mol. The Hall–Kier alpha value is -3.16. The minimum atomic E-state index is -0.248. The highest BCUT2D eigenvalue weighted by atomic mass is 16.5. The highest BCUT2D eigenvalue weighted by molar-refractivity contribution is 5.88. The topological polar surface area (TPSA) is 89.6 Å². The third kappa shape index (κ3) is 6.59. The van der Waals surface area contributed by atoms with Crippen LogP contribution in [-0.2, 0) is 27.3 Å². The van der Waals surface area contributed by atoms with Crippen LogP contribution in [0.15, 0.2) is 48.5 Å². The number of benzene rings is 2. The standard InChI is InChI=1S/C30H40N4O3/c1-21-27-9-4-5-10-28(27)34(16-7-17-37-3)30(21)24-8-6-15-33(20-24)29(36)19-25(31)18-23-11-13-26(14-12-23)32-22(2)35/h4-5,9-14,24-25H,6-8,15-20,31H2,1-3H3,(H,32,35). The van der Waals surface area contributed by atoms with Crippen molar-refractivity contribution in [1.82, 2.24) is 9.47 Å². The third-order valence-corrected chi connectivity index (χ3v) is 7.37. The second-order valence-electron chi connectivity index (χ2n) is 10.3. The second kappa shape index (κ2) is 12.4. The van der Waals surface area contributed by atoms with Crippen molar-refractivity contribution < 1.29 is 14.3 Å². The number of piperidine rings is 1. The predicted molar refractivity (Wildman–Crippen MR) is 149 cm³/mol. The molecule has 1 aliphatic heterocycles. The molecule has 1 aromatic heterocycles. The van der Waals surface area contributed by atoms with Crippen molar-refractivity contribution >= 4 is 28.4 Å². The van der Waals surface area contributed by atoms with Gasteiger partial charge in [0.25, 0.3) is 0 Å². The number of methoxy groups -OCH3 is 1. The lowest BCUT2D eigenvalue weighted by atomic mass is 9.91. The normalized spacial score (nSPS) is 16.6. The second-order valence-corrected chi connectivity index (χ2v) is 10.3. The van der Waals surface area contributed by atoms with Crippen molar-refractivity contribution in [3.05, 3.63) is 65.4 Å². The molecule has 0 aliphatic carbocycles. The van der Waals surface area contributed by atoms with Crippen molar-refractivity contribution in [2.45, 2.75) is 64.5 Å². The van der Waals surface area contributed by atoms with E-state index in [1.54, 1.807) is 7.11 Å². The summed E-state index contributed by atoms with van der Waals surface area (Å²) < 4.78 is 7.78. The molecular formula is C30H40N4O3. The molecule has 1 fully saturated rings. The van der Waals surface area contributed by atoms with Gasteiger partial charge in [0.2, 0.25) is 11.8 Å². The fourth-order valence-corrected chi connectivity index (χ4v) is 5.71. The van der Waals surface area contributed by atoms with Crippen LogP contribution in [-0.4, -0.2) is 54.1 Å². The van der Waals surface area contributed by atoms with Gasteiger partial charge >= 0.3 is 0 Å². The van der Waals surface area contributed by atoms with E-state index < -0.39 is 0 Å². The summed E-state index contributed by atoms with van der Waals surface area (Å²) in [6.07, 6.45) is 3.98. The zero-order valence-corrected chi connectivity index (χ0v) is 22.3. The van der Waals surface area contributed by atoms with Crippen LogP contribution in [0.25, 0.3) is 10.9 Å². The van der Waals surface area contributed by atoms with E-state index in [2.05, 4.69) is 41.1 Å². The van der Waals surface area contributed by atoms with Gasteiger partial charge in [-0.3, -0.25) is 9.59 Å². The van der Waals surface area contributed by atoms with Crippen molar-refractivity contribution in [2.24, 2.45) is 5.73 Å². The Kier molecular flexibility index (Phi) is 9.00. The highest BCUT2D eigenvalue weighted by Crippen LogP contribution is 2.36. The first kappa shape index (κ1) is 26.9. The molecule has 198 valence electrons. The summed E-state index contributed by atoms with van der Waals surface area (Å²) in [6, 6.07) is 16.0. The number of para-hydroxylation sites is 1. The molecule has 0 saturated carbocycles. The van der Waals surface area contributed by atoms with Gasteiger partial charge in [0.1, 0.15) is 0 Å². The lowest BCUT2D eigenvalue weighted by molar-refractivity contribution is -0.132. The van der Waals surface area contributed by atoms with Crippen LogP contribution >= 0.6 is 0 Å². The van der Waals surface area contributed by atoms with E-state index in [1.165, 1.54) is 29.1 Å². The number of nitrogens with one attached hydrogen (secondary N) is 1. The number of anilines is 1. The monoisotopic (exact) mass is 504 g/mol. The number of rotatable bonds is 10. The Bertz CT molecular complexity index is 1220. The number of nitrogens with zero attached hydrogens (tertiary/aromatic N) is 2. The molecule has 0 radical (unpaired) electrons. The van der Waals surface area contributed by atoms with Gasteiger partial charge in [0.15, 0.2) is 0 Å². The minimum absolute atomic E-state index is 0.0968. The summed E-state index contributed by atoms with van der Waals surface area (Å²) >= 11 is 0. The summed E-state index contributed by atoms with van der Waals surface area (Å²) in [5.41, 5.74) is 12.2. The van der Waals surface area contributed by atoms with E-state index in [0.29, 0.717) is 18.8 Å². The first-order valence-corrected chi connectivity index (χ1v) is 13.3. The van der Waals surface area contributed by atoms with E-state index >= 15 is 0 Å². The molecule has 0 bridgehead atoms. The van der Waals surface area contributed by atoms with Gasteiger partial charge in [-0.25, -0.2) is 0 Å². The maximum Gasteiger partial charge on any atom is 0.224 e. The molecule has 1 saturated heterocycles. The molecule has 2 amide bonds. The summed E-state index contributed by atoms with van der Waals surface area (Å²) in [4.78, 5) is 26.5. The van der Waals surface area contributed by atoms with Crippen LogP contribution in [0, 0.1) is 6.92 Å². The van der Waals surface area contributed by atoms with Gasteiger partial charge in [-0.2, -0.15) is 0 Å². The van der Waals surface area contributed by atoms with E-state index in [9.17, 15) is 9.59 Å². The maximum absolute atomic E-state index is 13.3. The van der Waals surface area contributed by atoms with Crippen molar-refractivity contribution in [1.29, 1.82) is 0 Å². The smallest absolute Gasteiger partial charge is 0.224 e. The molecule has 2 unspecified atom stereocenters. The molecular weight excluding hydrogens is 464 g/mol. The van der Waals surface area contributed by atoms with Gasteiger partial charge < -0.3 is 25.3 Å². The van der Waals surface area contributed by atoms with Crippen molar-refractivity contribution in [2.75, 3.05) is 32.1 Å². The fraction of sp³-hybridized carbons (Fsp3) is 0.467. The molecule has 3 aromatic rings. The van der Waals surface area contributed by atoms with E-state index in [1.807, 2.05) is 29.2 Å². The minimum Gasteiger partial charge on any atom is -0.385 e. The highest BCUT2D eigenvalue weighted by Gasteiger charge is 2.29. The number of hydrogen-bond acceptors (Lipinski definition) is 4. The molecule has 7 heteroatoms. The number of fused-ring (bicyclic) bond motifs is 1. The van der Waals surface area contributed by atoms with Crippen LogP contribution in [0.3, 0.4) is 0 Å². The predicted octanol–water partition coefficient (Wildman–Crippen LogP) is 4.61. The Balaban J connectivity index is 1.42. The number of likely N-dealkylation sites (tertiary alicyclic amines) is 1. The number of carbonyl (C=O) groups is 2. The maximum atomic E-state index is 13.3. The number of ether oxygens (including phenoxy) is 1. The quantitative estimate of drug-likeness (QED) is 0.395. The summed E-state index contributed by atoms with van der Waals surface area (Å²) in [5.74, 6) is 0.345. The molecule has 7 nitrogen and oxygen atoms in total. The molecule has 4 rings (SSSR count). The van der Waals surface area contributed by atoms with E-state index in [0.717, 1.165) is 56.8 Å². The number of nitrogens with two attached hydrogens (primary N) is 1. The summed E-state index contributed by atoms with van der Waals surface area (Å²) in [6.45, 7) is 6.87. The van der Waals surface area contributed by atoms with Gasteiger partial charge in [0, 0.05) is 80.9 Å². The molecule has 0 spiro atoms. The van der Waals surface area contributed by atoms with Crippen LogP contribution < -0.4 is 11.1 Å². The largest absolute Gasteiger partial charge is 0.385 e. The molecule has 2 heterocycles.